The van der Waals surface area contributed by atoms with Crippen LogP contribution in [0.4, 0.5) is 13.2 Å². The van der Waals surface area contributed by atoms with E-state index in [1.54, 1.807) is 30.3 Å². The van der Waals surface area contributed by atoms with Gasteiger partial charge in [-0.3, -0.25) is 9.79 Å². The summed E-state index contributed by atoms with van der Waals surface area (Å²) in [5, 5.41) is -0.208. The van der Waals surface area contributed by atoms with Crippen LogP contribution in [0.5, 0.6) is 0 Å². The van der Waals surface area contributed by atoms with E-state index in [-0.39, 0.29) is 49.2 Å². The van der Waals surface area contributed by atoms with E-state index >= 15 is 0 Å². The molecule has 0 radical (unpaired) electrons. The van der Waals surface area contributed by atoms with Crippen LogP contribution in [-0.2, 0) is 73.1 Å². The molecule has 2 aliphatic rings. The standard InChI is InChI=1S/C62H68F3NO11SSi/c1-42(67)69-40-50-53(70-37-43-24-12-7-13-25-43)55(72-39-45-28-16-9-17-29-45)52(66-36-47-32-22-23-35-49(47)62(63,64)65)59(74-50)77-56-54(71-38-44-26-14-8-15-27-44)51(41-73-79(5,6)61(2,3)4)75-60(78-48-33-20-11-21-34-48)57(56)76-58(68)46-30-18-10-19-31-46/h7-36,50-57,59-60H,37-41H2,1-6H3/t50-,51-,52-,53+,54+,55-,56+,57-,59-,60+/m1/s1. The number of halogens is 3. The van der Waals surface area contributed by atoms with Crippen LogP contribution in [0.15, 0.2) is 186 Å². The van der Waals surface area contributed by atoms with Crippen molar-refractivity contribution in [2.24, 2.45) is 4.99 Å². The Kier molecular flexibility index (Phi) is 20.5. The molecule has 10 atom stereocenters. The smallest absolute Gasteiger partial charge is 0.417 e. The first-order valence-electron chi connectivity index (χ1n) is 26.3. The minimum atomic E-state index is -4.74. The predicted molar refractivity (Wildman–Crippen MR) is 298 cm³/mol. The molecule has 12 nitrogen and oxygen atoms in total. The summed E-state index contributed by atoms with van der Waals surface area (Å²) in [6.45, 7) is 11.7. The van der Waals surface area contributed by atoms with Gasteiger partial charge in [0.25, 0.3) is 0 Å². The van der Waals surface area contributed by atoms with Gasteiger partial charge in [-0.2, -0.15) is 13.2 Å². The Morgan fingerprint density at radius 1 is 0.608 bits per heavy atom. The molecule has 0 saturated carbocycles. The summed E-state index contributed by atoms with van der Waals surface area (Å²) in [5.74, 6) is -1.29. The van der Waals surface area contributed by atoms with Crippen LogP contribution in [0, 0.1) is 0 Å². The van der Waals surface area contributed by atoms with Crippen molar-refractivity contribution in [3.8, 4) is 0 Å². The molecule has 0 amide bonds. The van der Waals surface area contributed by atoms with Crippen LogP contribution in [0.1, 0.15) is 65.9 Å². The maximum absolute atomic E-state index is 14.8. The molecule has 0 unspecified atom stereocenters. The number of aliphatic imine (C=N–C) groups is 1. The summed E-state index contributed by atoms with van der Waals surface area (Å²) in [5.41, 5.74) is 0.499. The lowest BCUT2D eigenvalue weighted by Gasteiger charge is -2.50. The Morgan fingerprint density at radius 3 is 1.62 bits per heavy atom. The number of carbonyl (C=O) groups excluding carboxylic acids is 2. The largest absolute Gasteiger partial charge is 0.463 e. The molecule has 0 N–H and O–H groups in total. The van der Waals surface area contributed by atoms with Gasteiger partial charge in [0.1, 0.15) is 54.7 Å². The molecule has 0 spiro atoms. The fourth-order valence-corrected chi connectivity index (χ4v) is 11.0. The van der Waals surface area contributed by atoms with Crippen molar-refractivity contribution in [2.75, 3.05) is 13.2 Å². The first kappa shape index (κ1) is 59.1. The van der Waals surface area contributed by atoms with Crippen LogP contribution >= 0.6 is 11.8 Å². The van der Waals surface area contributed by atoms with E-state index < -0.39 is 92.5 Å². The maximum atomic E-state index is 14.8. The minimum Gasteiger partial charge on any atom is -0.463 e. The molecule has 2 aliphatic heterocycles. The molecular weight excluding hydrogens is 1050 g/mol. The number of thioether (sulfide) groups is 1. The van der Waals surface area contributed by atoms with E-state index in [4.69, 9.17) is 47.3 Å². The SMILES string of the molecule is CC(=O)OC[C@H]1O[C@H](O[C@H]2[C@@H](OCc3ccccc3)[C@@H](CO[Si](C)(C)C(C)(C)C)O[C@@H](Sc3ccccc3)[C@@H]2OC(=O)c2ccccc2)[C@H](N=Cc2ccccc2C(F)(F)F)[C@@H](OCc2ccccc2)[C@H]1OCc1ccccc1. The van der Waals surface area contributed by atoms with E-state index in [1.165, 1.54) is 36.9 Å². The molecule has 79 heavy (non-hydrogen) atoms. The fourth-order valence-electron chi connectivity index (χ4n) is 8.87. The van der Waals surface area contributed by atoms with Gasteiger partial charge in [-0.25, -0.2) is 4.79 Å². The first-order chi connectivity index (χ1) is 37.9. The quantitative estimate of drug-likeness (QED) is 0.0364. The van der Waals surface area contributed by atoms with Crippen molar-refractivity contribution in [1.29, 1.82) is 0 Å². The van der Waals surface area contributed by atoms with Crippen LogP contribution < -0.4 is 0 Å². The van der Waals surface area contributed by atoms with Crippen molar-refractivity contribution in [3.05, 3.63) is 209 Å². The molecule has 2 fully saturated rings. The number of hydrogen-bond acceptors (Lipinski definition) is 13. The highest BCUT2D eigenvalue weighted by Crippen LogP contribution is 2.43. The molecule has 8 rings (SSSR count). The molecule has 0 aliphatic carbocycles. The third kappa shape index (κ3) is 16.3. The molecular formula is C62H68F3NO11SSi. The van der Waals surface area contributed by atoms with Crippen LogP contribution in [0.2, 0.25) is 18.1 Å². The summed E-state index contributed by atoms with van der Waals surface area (Å²) in [6, 6.07) is 50.0. The van der Waals surface area contributed by atoms with Crippen molar-refractivity contribution in [1.82, 2.24) is 0 Å². The van der Waals surface area contributed by atoms with E-state index in [1.807, 2.05) is 121 Å². The topological polar surface area (TPSA) is 130 Å². The van der Waals surface area contributed by atoms with Gasteiger partial charge >= 0.3 is 18.1 Å². The van der Waals surface area contributed by atoms with Gasteiger partial charge < -0.3 is 42.3 Å². The zero-order valence-electron chi connectivity index (χ0n) is 45.1. The van der Waals surface area contributed by atoms with Gasteiger partial charge in [0, 0.05) is 23.6 Å². The highest BCUT2D eigenvalue weighted by Gasteiger charge is 2.56. The lowest BCUT2D eigenvalue weighted by Crippen LogP contribution is -2.65. The number of nitrogens with zero attached hydrogens (tertiary/aromatic N) is 1. The molecule has 2 saturated heterocycles. The average molecular weight is 1120 g/mol. The van der Waals surface area contributed by atoms with Crippen molar-refractivity contribution < 1.29 is 65.1 Å². The van der Waals surface area contributed by atoms with Gasteiger partial charge in [0.05, 0.1) is 37.6 Å². The second-order valence-electron chi connectivity index (χ2n) is 20.9. The Hall–Kier alpha value is -5.99. The van der Waals surface area contributed by atoms with Gasteiger partial charge in [-0.15, -0.1) is 0 Å². The number of alkyl halides is 3. The number of benzene rings is 6. The van der Waals surface area contributed by atoms with Gasteiger partial charge in [-0.05, 0) is 65.2 Å². The molecule has 6 aromatic carbocycles. The first-order valence-corrected chi connectivity index (χ1v) is 30.1. The Morgan fingerprint density at radius 2 is 1.09 bits per heavy atom. The van der Waals surface area contributed by atoms with Gasteiger partial charge in [-0.1, -0.05) is 178 Å². The van der Waals surface area contributed by atoms with E-state index in [0.717, 1.165) is 33.9 Å². The Balaban J connectivity index is 1.31. The third-order valence-corrected chi connectivity index (χ3v) is 19.8. The lowest BCUT2D eigenvalue weighted by atomic mass is 9.95. The third-order valence-electron chi connectivity index (χ3n) is 14.1. The van der Waals surface area contributed by atoms with Gasteiger partial charge in [0.2, 0.25) is 0 Å². The van der Waals surface area contributed by atoms with Crippen LogP contribution in [-0.4, -0.2) is 100 Å². The number of rotatable bonds is 22. The summed E-state index contributed by atoms with van der Waals surface area (Å²) >= 11 is 1.31. The van der Waals surface area contributed by atoms with Gasteiger partial charge in [0.15, 0.2) is 20.7 Å². The van der Waals surface area contributed by atoms with E-state index in [2.05, 4.69) is 33.9 Å². The highest BCUT2D eigenvalue weighted by atomic mass is 32.2. The monoisotopic (exact) mass is 1120 g/mol. The zero-order chi connectivity index (χ0) is 56.0. The van der Waals surface area contributed by atoms with Crippen molar-refractivity contribution >= 4 is 38.2 Å². The summed E-state index contributed by atoms with van der Waals surface area (Å²) in [6.07, 6.45) is -13.1. The summed E-state index contributed by atoms with van der Waals surface area (Å²) in [4.78, 5) is 33.1. The molecule has 418 valence electrons. The lowest BCUT2D eigenvalue weighted by molar-refractivity contribution is -0.326. The summed E-state index contributed by atoms with van der Waals surface area (Å²) < 4.78 is 106. The number of hydrogen-bond donors (Lipinski definition) is 0. The second-order valence-corrected chi connectivity index (χ2v) is 26.8. The Labute approximate surface area is 466 Å². The second kappa shape index (κ2) is 27.4. The normalized spacial score (nSPS) is 23.8. The molecule has 2 heterocycles. The maximum Gasteiger partial charge on any atom is 0.417 e. The number of esters is 2. The van der Waals surface area contributed by atoms with Crippen molar-refractivity contribution in [3.63, 3.8) is 0 Å². The predicted octanol–water partition coefficient (Wildman–Crippen LogP) is 12.7. The van der Waals surface area contributed by atoms with Crippen molar-refractivity contribution in [2.45, 2.75) is 137 Å². The van der Waals surface area contributed by atoms with Crippen LogP contribution in [0.3, 0.4) is 0 Å². The summed E-state index contributed by atoms with van der Waals surface area (Å²) in [7, 11) is -2.50. The molecule has 0 bridgehead atoms. The molecule has 6 aromatic rings. The molecule has 0 aromatic heterocycles. The molecule has 17 heteroatoms. The number of ether oxygens (including phenoxy) is 8. The van der Waals surface area contributed by atoms with Crippen LogP contribution in [0.25, 0.3) is 0 Å². The van der Waals surface area contributed by atoms with E-state index in [9.17, 15) is 22.8 Å². The number of carbonyl (C=O) groups is 2. The van der Waals surface area contributed by atoms with E-state index in [0.29, 0.717) is 0 Å². The zero-order valence-corrected chi connectivity index (χ0v) is 46.9. The average Bonchev–Trinajstić information content (AvgIpc) is 3.59. The highest BCUT2D eigenvalue weighted by molar-refractivity contribution is 7.99. The minimum absolute atomic E-state index is 0.00504. The Bertz CT molecular complexity index is 2870. The fraction of sp³-hybridized carbons (Fsp3) is 0.371.